The van der Waals surface area contributed by atoms with Crippen molar-refractivity contribution in [2.75, 3.05) is 11.3 Å². The Morgan fingerprint density at radius 3 is 2.67 bits per heavy atom. The Labute approximate surface area is 251 Å². The number of nitrogens with one attached hydrogen (secondary N) is 1. The van der Waals surface area contributed by atoms with Crippen LogP contribution in [0.5, 0.6) is 0 Å². The number of nitrogens with zero attached hydrogens (tertiary/aromatic N) is 4. The number of aryl methyl sites for hydroxylation is 1. The van der Waals surface area contributed by atoms with E-state index in [0.29, 0.717) is 24.4 Å². The molecular formula is C30H36ClN5O5S. The summed E-state index contributed by atoms with van der Waals surface area (Å²) in [5.74, 6) is 0.793. The molecule has 0 bridgehead atoms. The average molecular weight is 614 g/mol. The minimum absolute atomic E-state index is 0.0486. The highest BCUT2D eigenvalue weighted by Gasteiger charge is 2.49. The van der Waals surface area contributed by atoms with E-state index in [-0.39, 0.29) is 34.0 Å². The second kappa shape index (κ2) is 12.5. The first-order chi connectivity index (χ1) is 20.2. The van der Waals surface area contributed by atoms with Crippen LogP contribution >= 0.6 is 11.6 Å². The van der Waals surface area contributed by atoms with Gasteiger partial charge in [0.15, 0.2) is 0 Å². The second-order valence-electron chi connectivity index (χ2n) is 10.8. The summed E-state index contributed by atoms with van der Waals surface area (Å²) in [5.41, 5.74) is 2.29. The molecule has 1 N–H and O–H groups in total. The molecule has 1 fully saturated rings. The Kier molecular flexibility index (Phi) is 9.00. The number of unbranched alkanes of at least 4 members (excludes halogenated alkanes) is 1. The molecule has 1 spiro atoms. The average Bonchev–Trinajstić information content (AvgIpc) is 3.66. The molecular weight excluding hydrogens is 578 g/mol. The Morgan fingerprint density at radius 1 is 1.19 bits per heavy atom. The van der Waals surface area contributed by atoms with Crippen LogP contribution in [-0.4, -0.2) is 47.3 Å². The van der Waals surface area contributed by atoms with Gasteiger partial charge in [-0.3, -0.25) is 19.7 Å². The van der Waals surface area contributed by atoms with E-state index in [2.05, 4.69) is 21.8 Å². The van der Waals surface area contributed by atoms with Gasteiger partial charge in [0.2, 0.25) is 0 Å². The molecule has 2 aliphatic rings. The zero-order valence-corrected chi connectivity index (χ0v) is 25.7. The van der Waals surface area contributed by atoms with Crippen molar-refractivity contribution in [3.63, 3.8) is 0 Å². The molecule has 224 valence electrons. The van der Waals surface area contributed by atoms with Gasteiger partial charge >= 0.3 is 0 Å². The van der Waals surface area contributed by atoms with Crippen LogP contribution in [-0.2, 0) is 32.7 Å². The number of rotatable bonds is 12. The van der Waals surface area contributed by atoms with Crippen molar-refractivity contribution in [1.29, 1.82) is 0 Å². The maximum atomic E-state index is 13.7. The number of anilines is 1. The number of aromatic nitrogens is 2. The summed E-state index contributed by atoms with van der Waals surface area (Å²) in [4.78, 5) is 24.9. The molecule has 1 aliphatic carbocycles. The summed E-state index contributed by atoms with van der Waals surface area (Å²) in [5, 5.41) is 3.81. The van der Waals surface area contributed by atoms with Crippen molar-refractivity contribution in [3.05, 3.63) is 58.4 Å². The number of hydrogen-bond acceptors (Lipinski definition) is 8. The molecule has 1 aliphatic heterocycles. The summed E-state index contributed by atoms with van der Waals surface area (Å²) < 4.78 is 40.2. The Balaban J connectivity index is 1.49. The maximum absolute atomic E-state index is 13.7. The van der Waals surface area contributed by atoms with Crippen molar-refractivity contribution in [2.45, 2.75) is 89.3 Å². The monoisotopic (exact) mass is 613 g/mol. The van der Waals surface area contributed by atoms with Gasteiger partial charge in [-0.05, 0) is 56.4 Å². The van der Waals surface area contributed by atoms with Gasteiger partial charge in [0, 0.05) is 24.8 Å². The zero-order valence-electron chi connectivity index (χ0n) is 24.2. The van der Waals surface area contributed by atoms with Crippen LogP contribution in [0.3, 0.4) is 0 Å². The molecule has 0 atom stereocenters. The summed E-state index contributed by atoms with van der Waals surface area (Å²) in [6.45, 7) is 6.75. The smallest absolute Gasteiger partial charge is 0.266 e. The Bertz CT molecular complexity index is 1600. The van der Waals surface area contributed by atoms with Gasteiger partial charge in [-0.2, -0.15) is 0 Å². The van der Waals surface area contributed by atoms with Gasteiger partial charge in [0.25, 0.3) is 21.8 Å². The fourth-order valence-corrected chi connectivity index (χ4v) is 6.94. The van der Waals surface area contributed by atoms with E-state index in [1.165, 1.54) is 6.07 Å². The Morgan fingerprint density at radius 2 is 1.98 bits per heavy atom. The van der Waals surface area contributed by atoms with Crippen molar-refractivity contribution in [1.82, 2.24) is 15.0 Å². The molecule has 0 radical (unpaired) electrons. The highest BCUT2D eigenvalue weighted by atomic mass is 35.5. The number of amidine groups is 1. The number of carbonyl (C=O) groups excluding carboxylic acids is 1. The molecule has 3 aromatic rings. The van der Waals surface area contributed by atoms with E-state index in [1.807, 2.05) is 30.0 Å². The van der Waals surface area contributed by atoms with Gasteiger partial charge in [0.05, 0.1) is 18.8 Å². The van der Waals surface area contributed by atoms with Crippen LogP contribution in [0.15, 0.2) is 50.9 Å². The lowest BCUT2D eigenvalue weighted by Gasteiger charge is -2.23. The lowest BCUT2D eigenvalue weighted by atomic mass is 9.97. The van der Waals surface area contributed by atoms with Crippen LogP contribution in [0.4, 0.5) is 5.88 Å². The predicted molar refractivity (Wildman–Crippen MR) is 161 cm³/mol. The summed E-state index contributed by atoms with van der Waals surface area (Å²) in [7, 11) is -4.14. The van der Waals surface area contributed by atoms with Gasteiger partial charge in [-0.25, -0.2) is 13.1 Å². The van der Waals surface area contributed by atoms with Crippen LogP contribution < -0.4 is 4.72 Å². The first-order valence-corrected chi connectivity index (χ1v) is 16.3. The number of aliphatic imine (C=N–C) groups is 1. The van der Waals surface area contributed by atoms with Crippen LogP contribution in [0.1, 0.15) is 75.6 Å². The van der Waals surface area contributed by atoms with Crippen LogP contribution in [0.25, 0.3) is 11.3 Å². The van der Waals surface area contributed by atoms with Crippen LogP contribution in [0.2, 0.25) is 5.02 Å². The number of carbonyl (C=O) groups is 1. The molecule has 42 heavy (non-hydrogen) atoms. The molecule has 10 nitrogen and oxygen atoms in total. The number of amides is 1. The molecule has 2 aromatic heterocycles. The van der Waals surface area contributed by atoms with Gasteiger partial charge in [0.1, 0.15) is 27.0 Å². The van der Waals surface area contributed by atoms with Crippen molar-refractivity contribution in [2.24, 2.45) is 4.99 Å². The fraction of sp³-hybridized carbons (Fsp3) is 0.467. The van der Waals surface area contributed by atoms with E-state index in [1.54, 1.807) is 19.2 Å². The molecule has 5 rings (SSSR count). The lowest BCUT2D eigenvalue weighted by molar-refractivity contribution is -0.131. The standard InChI is InChI=1S/C30H36ClN5O5S/c1-4-6-11-25-33-30(14-7-8-15-30)29(37)36(25)18-21-12-13-23(22(17-21)19-40-5-2)27-24(10-9-16-32-27)42(38,39)35-28-26(31)20(3)34-41-28/h9-10,12-13,16-17,35H,4-8,11,14-15,18-19H2,1-3H3. The molecule has 0 unspecified atom stereocenters. The first kappa shape index (κ1) is 30.2. The zero-order chi connectivity index (χ0) is 29.9. The van der Waals surface area contributed by atoms with Gasteiger partial charge < -0.3 is 9.26 Å². The fourth-order valence-electron chi connectivity index (χ4n) is 5.60. The van der Waals surface area contributed by atoms with Crippen molar-refractivity contribution < 1.29 is 22.5 Å². The molecule has 1 aromatic carbocycles. The van der Waals surface area contributed by atoms with Crippen LogP contribution in [0, 0.1) is 6.92 Å². The number of hydrogen-bond donors (Lipinski definition) is 1. The number of ether oxygens (including phenoxy) is 1. The highest BCUT2D eigenvalue weighted by Crippen LogP contribution is 2.40. The minimum atomic E-state index is -4.14. The van der Waals surface area contributed by atoms with E-state index < -0.39 is 15.6 Å². The second-order valence-corrected chi connectivity index (χ2v) is 12.8. The molecule has 3 heterocycles. The van der Waals surface area contributed by atoms with Gasteiger partial charge in [-0.15, -0.1) is 0 Å². The third-order valence-corrected chi connectivity index (χ3v) is 9.60. The van der Waals surface area contributed by atoms with E-state index in [0.717, 1.165) is 61.9 Å². The van der Waals surface area contributed by atoms with E-state index in [9.17, 15) is 13.2 Å². The number of benzene rings is 1. The minimum Gasteiger partial charge on any atom is -0.377 e. The number of sulfonamides is 1. The highest BCUT2D eigenvalue weighted by molar-refractivity contribution is 7.92. The third kappa shape index (κ3) is 5.95. The maximum Gasteiger partial charge on any atom is 0.266 e. The quantitative estimate of drug-likeness (QED) is 0.255. The lowest BCUT2D eigenvalue weighted by Crippen LogP contribution is -2.40. The summed E-state index contributed by atoms with van der Waals surface area (Å²) in [6.07, 6.45) is 7.94. The van der Waals surface area contributed by atoms with Gasteiger partial charge in [-0.1, -0.05) is 61.1 Å². The van der Waals surface area contributed by atoms with E-state index in [4.69, 9.17) is 25.9 Å². The number of halogens is 1. The van der Waals surface area contributed by atoms with E-state index >= 15 is 0 Å². The molecule has 1 amide bonds. The number of pyridine rings is 1. The summed E-state index contributed by atoms with van der Waals surface area (Å²) >= 11 is 6.17. The SMILES string of the molecule is CCCCC1=NC2(CCCC2)C(=O)N1Cc1ccc(-c2ncccc2S(=O)(=O)Nc2onc(C)c2Cl)c(COCC)c1. The predicted octanol–water partition coefficient (Wildman–Crippen LogP) is 6.28. The van der Waals surface area contributed by atoms with Crippen molar-refractivity contribution >= 4 is 39.3 Å². The third-order valence-electron chi connectivity index (χ3n) is 7.79. The molecule has 12 heteroatoms. The van der Waals surface area contributed by atoms with Crippen molar-refractivity contribution in [3.8, 4) is 11.3 Å². The summed E-state index contributed by atoms with van der Waals surface area (Å²) in [6, 6.07) is 8.73. The largest absolute Gasteiger partial charge is 0.377 e. The normalized spacial score (nSPS) is 16.4. The topological polar surface area (TPSA) is 127 Å². The first-order valence-electron chi connectivity index (χ1n) is 14.4. The Hall–Kier alpha value is -3.28. The molecule has 1 saturated carbocycles. The molecule has 0 saturated heterocycles.